The van der Waals surface area contributed by atoms with Gasteiger partial charge in [-0.05, 0) is 87.8 Å². The molecule has 3 fully saturated rings. The molecule has 29 heavy (non-hydrogen) atoms. The van der Waals surface area contributed by atoms with E-state index in [0.29, 0.717) is 5.92 Å². The molecule has 6 heteroatoms. The number of hydrogen-bond acceptors (Lipinski definition) is 4. The van der Waals surface area contributed by atoms with Crippen LogP contribution < -0.4 is 10.6 Å². The van der Waals surface area contributed by atoms with Gasteiger partial charge < -0.3 is 20.3 Å². The molecule has 3 aliphatic rings. The van der Waals surface area contributed by atoms with Crippen molar-refractivity contribution >= 4 is 6.09 Å². The van der Waals surface area contributed by atoms with Crippen LogP contribution >= 0.6 is 0 Å². The Kier molecular flexibility index (Phi) is 6.40. The Morgan fingerprint density at radius 1 is 1.24 bits per heavy atom. The highest BCUT2D eigenvalue weighted by molar-refractivity contribution is 5.67. The minimum atomic E-state index is -0.357. The molecule has 5 nitrogen and oxygen atoms in total. The largest absolute Gasteiger partial charge is 0.453 e. The van der Waals surface area contributed by atoms with Crippen molar-refractivity contribution in [1.29, 1.82) is 0 Å². The van der Waals surface area contributed by atoms with Crippen LogP contribution in [0.2, 0.25) is 0 Å². The summed E-state index contributed by atoms with van der Waals surface area (Å²) < 4.78 is 19.4. The predicted molar refractivity (Wildman–Crippen MR) is 111 cm³/mol. The van der Waals surface area contributed by atoms with E-state index in [1.165, 1.54) is 13.5 Å². The summed E-state index contributed by atoms with van der Waals surface area (Å²) in [5.74, 6) is 0.586. The fourth-order valence-corrected chi connectivity index (χ4v) is 6.07. The lowest BCUT2D eigenvalue weighted by molar-refractivity contribution is 0.0421. The van der Waals surface area contributed by atoms with Gasteiger partial charge in [-0.3, -0.25) is 0 Å². The van der Waals surface area contributed by atoms with Gasteiger partial charge in [-0.15, -0.1) is 0 Å². The minimum Gasteiger partial charge on any atom is -0.453 e. The first-order valence-electron chi connectivity index (χ1n) is 11.2. The summed E-state index contributed by atoms with van der Waals surface area (Å²) in [7, 11) is 1.42. The highest BCUT2D eigenvalue weighted by Crippen LogP contribution is 2.51. The van der Waals surface area contributed by atoms with Crippen LogP contribution in [0.25, 0.3) is 0 Å². The average molecular weight is 404 g/mol. The fourth-order valence-electron chi connectivity index (χ4n) is 6.07. The van der Waals surface area contributed by atoms with E-state index in [4.69, 9.17) is 4.74 Å². The molecule has 2 heterocycles. The summed E-state index contributed by atoms with van der Waals surface area (Å²) in [6, 6.07) is 7.35. The molecular weight excluding hydrogens is 369 g/mol. The Balaban J connectivity index is 1.77. The van der Waals surface area contributed by atoms with Crippen LogP contribution in [0.4, 0.5) is 9.18 Å². The van der Waals surface area contributed by atoms with Gasteiger partial charge in [0.15, 0.2) is 0 Å². The van der Waals surface area contributed by atoms with Crippen LogP contribution in [-0.4, -0.2) is 56.9 Å². The summed E-state index contributed by atoms with van der Waals surface area (Å²) in [6.45, 7) is 5.19. The van der Waals surface area contributed by atoms with Gasteiger partial charge in [0.05, 0.1) is 7.11 Å². The Bertz CT molecular complexity index is 705. The highest BCUT2D eigenvalue weighted by atomic mass is 19.1. The molecule has 1 aromatic rings. The van der Waals surface area contributed by atoms with E-state index >= 15 is 0 Å². The van der Waals surface area contributed by atoms with E-state index in [-0.39, 0.29) is 29.3 Å². The molecule has 4 rings (SSSR count). The molecule has 3 unspecified atom stereocenters. The van der Waals surface area contributed by atoms with Gasteiger partial charge in [0.2, 0.25) is 0 Å². The van der Waals surface area contributed by atoms with Crippen molar-refractivity contribution in [3.63, 3.8) is 0 Å². The Morgan fingerprint density at radius 3 is 2.69 bits per heavy atom. The average Bonchev–Trinajstić information content (AvgIpc) is 3.16. The second kappa shape index (κ2) is 9.00. The molecule has 160 valence electrons. The summed E-state index contributed by atoms with van der Waals surface area (Å²) in [4.78, 5) is 14.6. The molecule has 1 aromatic carbocycles. The van der Waals surface area contributed by atoms with E-state index in [2.05, 4.69) is 21.6 Å². The molecule has 2 aliphatic heterocycles. The van der Waals surface area contributed by atoms with E-state index in [1.807, 2.05) is 6.07 Å². The number of alkyl carbamates (subject to hydrolysis) is 1. The third kappa shape index (κ3) is 4.15. The monoisotopic (exact) mass is 403 g/mol. The number of nitrogens with zero attached hydrogens (tertiary/aromatic N) is 1. The molecule has 3 atom stereocenters. The lowest BCUT2D eigenvalue weighted by atomic mass is 9.58. The van der Waals surface area contributed by atoms with Crippen molar-refractivity contribution in [3.8, 4) is 0 Å². The lowest BCUT2D eigenvalue weighted by Gasteiger charge is -2.53. The molecular formula is C23H34FN3O2. The van der Waals surface area contributed by atoms with Crippen molar-refractivity contribution in [3.05, 3.63) is 35.6 Å². The fraction of sp³-hybridized carbons (Fsp3) is 0.696. The van der Waals surface area contributed by atoms with Crippen molar-refractivity contribution in [2.75, 3.05) is 39.8 Å². The summed E-state index contributed by atoms with van der Waals surface area (Å²) in [6.07, 6.45) is 6.16. The first-order chi connectivity index (χ1) is 14.1. The molecule has 0 spiro atoms. The SMILES string of the molecule is COC(=O)NC1CCCC1C(CN1CCC1)(c1cccc(F)c1)C1CCNCC1. The predicted octanol–water partition coefficient (Wildman–Crippen LogP) is 3.29. The van der Waals surface area contributed by atoms with E-state index in [9.17, 15) is 9.18 Å². The second-order valence-electron chi connectivity index (χ2n) is 8.98. The van der Waals surface area contributed by atoms with Gasteiger partial charge in [-0.25, -0.2) is 9.18 Å². The number of amides is 1. The molecule has 2 N–H and O–H groups in total. The highest BCUT2D eigenvalue weighted by Gasteiger charge is 2.52. The standard InChI is InChI=1S/C23H34FN3O2/c1-29-22(28)26-21-8-3-7-20(21)23(16-27-13-4-14-27,17-9-11-25-12-10-17)18-5-2-6-19(24)15-18/h2,5-6,15,17,20-21,25H,3-4,7-14,16H2,1H3,(H,26,28). The number of methoxy groups -OCH3 is 1. The molecule has 1 aliphatic carbocycles. The third-order valence-electron chi connectivity index (χ3n) is 7.53. The van der Waals surface area contributed by atoms with Crippen LogP contribution in [0.15, 0.2) is 24.3 Å². The number of rotatable bonds is 6. The van der Waals surface area contributed by atoms with Crippen LogP contribution in [0, 0.1) is 17.7 Å². The quantitative estimate of drug-likeness (QED) is 0.765. The summed E-state index contributed by atoms with van der Waals surface area (Å²) in [5.41, 5.74) is 0.951. The van der Waals surface area contributed by atoms with Gasteiger partial charge >= 0.3 is 6.09 Å². The number of carbonyl (C=O) groups is 1. The van der Waals surface area contributed by atoms with Crippen molar-refractivity contribution < 1.29 is 13.9 Å². The first kappa shape index (κ1) is 20.6. The topological polar surface area (TPSA) is 53.6 Å². The number of piperidine rings is 1. The Hall–Kier alpha value is -1.66. The molecule has 2 saturated heterocycles. The maximum Gasteiger partial charge on any atom is 0.407 e. The lowest BCUT2D eigenvalue weighted by Crippen LogP contribution is -2.59. The summed E-state index contributed by atoms with van der Waals surface area (Å²) >= 11 is 0. The van der Waals surface area contributed by atoms with Crippen LogP contribution in [0.3, 0.4) is 0 Å². The van der Waals surface area contributed by atoms with Gasteiger partial charge in [0.1, 0.15) is 5.82 Å². The van der Waals surface area contributed by atoms with Crippen molar-refractivity contribution in [2.24, 2.45) is 11.8 Å². The van der Waals surface area contributed by atoms with Crippen LogP contribution in [0.1, 0.15) is 44.1 Å². The maximum atomic E-state index is 14.4. The first-order valence-corrected chi connectivity index (χ1v) is 11.2. The van der Waals surface area contributed by atoms with E-state index in [1.54, 1.807) is 12.1 Å². The van der Waals surface area contributed by atoms with Gasteiger partial charge in [0.25, 0.3) is 0 Å². The maximum absolute atomic E-state index is 14.4. The smallest absolute Gasteiger partial charge is 0.407 e. The molecule has 1 amide bonds. The van der Waals surface area contributed by atoms with Gasteiger partial charge in [-0.1, -0.05) is 18.6 Å². The molecule has 0 radical (unpaired) electrons. The minimum absolute atomic E-state index is 0.0712. The third-order valence-corrected chi connectivity index (χ3v) is 7.53. The van der Waals surface area contributed by atoms with Crippen molar-refractivity contribution in [2.45, 2.75) is 50.0 Å². The van der Waals surface area contributed by atoms with Crippen LogP contribution in [-0.2, 0) is 10.2 Å². The number of likely N-dealkylation sites (tertiary alicyclic amines) is 1. The van der Waals surface area contributed by atoms with Crippen molar-refractivity contribution in [1.82, 2.24) is 15.5 Å². The van der Waals surface area contributed by atoms with E-state index < -0.39 is 0 Å². The number of benzene rings is 1. The number of nitrogens with one attached hydrogen (secondary N) is 2. The summed E-state index contributed by atoms with van der Waals surface area (Å²) in [5, 5.41) is 6.62. The number of hydrogen-bond donors (Lipinski definition) is 2. The molecule has 1 saturated carbocycles. The van der Waals surface area contributed by atoms with Crippen LogP contribution in [0.5, 0.6) is 0 Å². The normalized spacial score (nSPS) is 27.8. The van der Waals surface area contributed by atoms with Gasteiger partial charge in [0, 0.05) is 18.0 Å². The number of halogens is 1. The van der Waals surface area contributed by atoms with Gasteiger partial charge in [-0.2, -0.15) is 0 Å². The molecule has 0 bridgehead atoms. The number of carbonyl (C=O) groups excluding carboxylic acids is 1. The second-order valence-corrected chi connectivity index (χ2v) is 8.98. The zero-order valence-electron chi connectivity index (χ0n) is 17.5. The zero-order chi connectivity index (χ0) is 20.3. The Labute approximate surface area is 173 Å². The zero-order valence-corrected chi connectivity index (χ0v) is 17.5. The number of ether oxygens (including phenoxy) is 1. The van der Waals surface area contributed by atoms with E-state index in [0.717, 1.165) is 70.4 Å². The Morgan fingerprint density at radius 2 is 2.03 bits per heavy atom. The molecule has 0 aromatic heterocycles.